The number of aromatic amines is 1. The van der Waals surface area contributed by atoms with Crippen molar-refractivity contribution in [3.05, 3.63) is 29.3 Å². The average molecular weight is 627 g/mol. The van der Waals surface area contributed by atoms with E-state index in [1.165, 1.54) is 12.7 Å². The van der Waals surface area contributed by atoms with Crippen LogP contribution >= 0.6 is 35.0 Å². The molecule has 17 nitrogen and oxygen atoms in total. The van der Waals surface area contributed by atoms with Crippen molar-refractivity contribution in [2.45, 2.75) is 49.4 Å². The van der Waals surface area contributed by atoms with E-state index in [1.54, 1.807) is 10.9 Å². The third kappa shape index (κ3) is 5.61. The van der Waals surface area contributed by atoms with E-state index in [0.717, 1.165) is 0 Å². The SMILES string of the molecule is Nc1nc2c(ncn2[C@@H]2OC(OC(S)OC[C@@H]3C[C@H](n4cnc5c(N)ncnc54)O[C@@H]3COP)C[C@@H]2OS)c(=O)[nH]1. The zero-order valence-electron chi connectivity index (χ0n) is 21.2. The maximum atomic E-state index is 12.2. The highest BCUT2D eigenvalue weighted by Gasteiger charge is 2.41. The lowest BCUT2D eigenvalue weighted by Crippen LogP contribution is -2.28. The summed E-state index contributed by atoms with van der Waals surface area (Å²) < 4.78 is 38.1. The van der Waals surface area contributed by atoms with Gasteiger partial charge in [-0.2, -0.15) is 4.98 Å². The number of hydrogen-bond donors (Lipinski definition) is 5. The number of nitrogens with one attached hydrogen (secondary N) is 1. The van der Waals surface area contributed by atoms with Gasteiger partial charge in [0.1, 0.15) is 24.2 Å². The number of aromatic nitrogens is 8. The number of H-pyrrole nitrogens is 1. The van der Waals surface area contributed by atoms with Crippen LogP contribution in [-0.4, -0.2) is 76.4 Å². The summed E-state index contributed by atoms with van der Waals surface area (Å²) in [6.45, 7) is 0.583. The minimum Gasteiger partial charge on any atom is -0.382 e. The molecule has 4 aromatic rings. The fourth-order valence-electron chi connectivity index (χ4n) is 5.02. The second kappa shape index (κ2) is 11.9. The predicted molar refractivity (Wildman–Crippen MR) is 152 cm³/mol. The van der Waals surface area contributed by atoms with E-state index in [0.29, 0.717) is 36.4 Å². The molecule has 0 radical (unpaired) electrons. The van der Waals surface area contributed by atoms with Gasteiger partial charge in [0.15, 0.2) is 35.1 Å². The van der Waals surface area contributed by atoms with E-state index in [9.17, 15) is 4.79 Å². The monoisotopic (exact) mass is 626 g/mol. The first-order valence-electron chi connectivity index (χ1n) is 12.4. The first-order chi connectivity index (χ1) is 19.9. The van der Waals surface area contributed by atoms with Gasteiger partial charge in [0.25, 0.3) is 5.56 Å². The van der Waals surface area contributed by atoms with Gasteiger partial charge in [0, 0.05) is 28.2 Å². The van der Waals surface area contributed by atoms with Gasteiger partial charge < -0.3 is 39.1 Å². The largest absolute Gasteiger partial charge is 0.382 e. The summed E-state index contributed by atoms with van der Waals surface area (Å²) in [5.41, 5.74) is 11.7. The molecular weight excluding hydrogens is 599 g/mol. The van der Waals surface area contributed by atoms with Crippen molar-refractivity contribution < 1.29 is 27.7 Å². The second-order valence-electron chi connectivity index (χ2n) is 9.43. The summed E-state index contributed by atoms with van der Waals surface area (Å²) in [6.07, 6.45) is 2.62. The van der Waals surface area contributed by atoms with Gasteiger partial charge in [-0.05, 0) is 12.9 Å². The van der Waals surface area contributed by atoms with Crippen LogP contribution in [0.25, 0.3) is 22.3 Å². The van der Waals surface area contributed by atoms with Crippen LogP contribution in [0.1, 0.15) is 25.3 Å². The molecule has 8 atom stereocenters. The van der Waals surface area contributed by atoms with E-state index in [4.69, 9.17) is 39.1 Å². The van der Waals surface area contributed by atoms with Crippen LogP contribution in [0.3, 0.4) is 0 Å². The Balaban J connectivity index is 1.09. The molecule has 6 heterocycles. The van der Waals surface area contributed by atoms with E-state index in [1.807, 2.05) is 4.57 Å². The Morgan fingerprint density at radius 1 is 1.10 bits per heavy atom. The topological polar surface area (TPSA) is 215 Å². The molecule has 0 amide bonds. The molecular formula is C21H27N10O7PS2. The lowest BCUT2D eigenvalue weighted by atomic mass is 10.0. The van der Waals surface area contributed by atoms with Crippen molar-refractivity contribution in [3.8, 4) is 0 Å². The zero-order chi connectivity index (χ0) is 28.7. The van der Waals surface area contributed by atoms with Gasteiger partial charge in [-0.25, -0.2) is 19.9 Å². The van der Waals surface area contributed by atoms with Crippen molar-refractivity contribution in [1.29, 1.82) is 0 Å². The number of hydrogen-bond acceptors (Lipinski definition) is 16. The van der Waals surface area contributed by atoms with Crippen LogP contribution in [0.2, 0.25) is 0 Å². The molecule has 2 fully saturated rings. The smallest absolute Gasteiger partial charge is 0.280 e. The minimum atomic E-state index is -0.936. The number of nitrogens with two attached hydrogens (primary N) is 2. The third-order valence-electron chi connectivity index (χ3n) is 6.94. The summed E-state index contributed by atoms with van der Waals surface area (Å²) in [5.74, 6) is 0.182. The van der Waals surface area contributed by atoms with E-state index >= 15 is 0 Å². The maximum Gasteiger partial charge on any atom is 0.280 e. The van der Waals surface area contributed by atoms with E-state index in [2.05, 4.69) is 64.9 Å². The van der Waals surface area contributed by atoms with Gasteiger partial charge in [-0.15, -0.1) is 12.6 Å². The molecule has 0 aliphatic carbocycles. The molecule has 6 rings (SSSR count). The summed E-state index contributed by atoms with van der Waals surface area (Å²) in [7, 11) is 2.23. The van der Waals surface area contributed by atoms with Crippen molar-refractivity contribution in [2.75, 3.05) is 24.7 Å². The molecule has 41 heavy (non-hydrogen) atoms. The highest BCUT2D eigenvalue weighted by molar-refractivity contribution is 7.80. The summed E-state index contributed by atoms with van der Waals surface area (Å²) in [6, 6.07) is 0. The Labute approximate surface area is 244 Å². The molecule has 20 heteroatoms. The van der Waals surface area contributed by atoms with E-state index in [-0.39, 0.29) is 42.0 Å². The molecule has 220 valence electrons. The molecule has 5 N–H and O–H groups in total. The van der Waals surface area contributed by atoms with Crippen LogP contribution in [-0.2, 0) is 27.7 Å². The van der Waals surface area contributed by atoms with Gasteiger partial charge in [-0.1, -0.05) is 0 Å². The third-order valence-corrected chi connectivity index (χ3v) is 7.67. The number of ether oxygens (including phenoxy) is 4. The van der Waals surface area contributed by atoms with Crippen molar-refractivity contribution >= 4 is 69.1 Å². The van der Waals surface area contributed by atoms with Crippen molar-refractivity contribution in [2.24, 2.45) is 5.92 Å². The fourth-order valence-corrected chi connectivity index (χ4v) is 5.62. The van der Waals surface area contributed by atoms with Crippen LogP contribution in [0.15, 0.2) is 23.8 Å². The molecule has 3 unspecified atom stereocenters. The number of anilines is 2. The lowest BCUT2D eigenvalue weighted by molar-refractivity contribution is -0.215. The minimum absolute atomic E-state index is 0.0515. The predicted octanol–water partition coefficient (Wildman–Crippen LogP) is 0.556. The standard InChI is InChI=1S/C21H27N10O7PS2/c22-15-13-16(25-5-24-15)30(6-26-13)11-1-8(10(35-11)4-34-39)3-33-21(40)37-12-2-9(38-41)19(36-12)31-7-27-14-17(31)28-20(23)29-18(14)32/h5-12,19,21,40-41H,1-4,39H2,(H2,22,24,25)(H3,23,28,29,32)/t8-,9-,10+,11+,12?,19+,21?/m0/s1. The van der Waals surface area contributed by atoms with Gasteiger partial charge in [0.05, 0.1) is 32.0 Å². The van der Waals surface area contributed by atoms with Crippen molar-refractivity contribution in [3.63, 3.8) is 0 Å². The number of fused-ring (bicyclic) bond motifs is 2. The number of thiol groups is 2. The first kappa shape index (κ1) is 28.5. The normalized spacial score (nSPS) is 27.3. The molecule has 0 saturated carbocycles. The Morgan fingerprint density at radius 3 is 2.71 bits per heavy atom. The number of nitrogens with zero attached hydrogens (tertiary/aromatic N) is 7. The quantitative estimate of drug-likeness (QED) is 0.0704. The van der Waals surface area contributed by atoms with Crippen LogP contribution in [0, 0.1) is 5.92 Å². The molecule has 0 spiro atoms. The highest BCUT2D eigenvalue weighted by Crippen LogP contribution is 2.37. The Bertz CT molecular complexity index is 1590. The molecule has 0 aromatic carbocycles. The molecule has 0 bridgehead atoms. The number of nitrogen functional groups attached to an aromatic ring is 2. The zero-order valence-corrected chi connectivity index (χ0v) is 24.2. The van der Waals surface area contributed by atoms with Gasteiger partial charge in [0.2, 0.25) is 11.6 Å². The molecule has 4 aromatic heterocycles. The van der Waals surface area contributed by atoms with Crippen LogP contribution in [0.5, 0.6) is 0 Å². The molecule has 2 aliphatic rings. The van der Waals surface area contributed by atoms with Crippen LogP contribution < -0.4 is 17.0 Å². The van der Waals surface area contributed by atoms with Gasteiger partial charge in [-0.3, -0.25) is 18.9 Å². The van der Waals surface area contributed by atoms with Crippen molar-refractivity contribution in [1.82, 2.24) is 39.0 Å². The molecule has 2 saturated heterocycles. The number of rotatable bonds is 10. The lowest BCUT2D eigenvalue weighted by Gasteiger charge is -2.22. The molecule has 2 aliphatic heterocycles. The second-order valence-corrected chi connectivity index (χ2v) is 10.4. The Hall–Kier alpha value is -2.61. The first-order valence-corrected chi connectivity index (χ1v) is 13.7. The number of imidazole rings is 2. The summed E-state index contributed by atoms with van der Waals surface area (Å²) in [5, 5.41) is 0. The maximum absolute atomic E-state index is 12.2. The average Bonchev–Trinajstić information content (AvgIpc) is 3.72. The van der Waals surface area contributed by atoms with E-state index < -0.39 is 29.8 Å². The summed E-state index contributed by atoms with van der Waals surface area (Å²) in [4.78, 5) is 35.5. The van der Waals surface area contributed by atoms with Crippen LogP contribution in [0.4, 0.5) is 11.8 Å². The van der Waals surface area contributed by atoms with Gasteiger partial charge >= 0.3 is 0 Å². The Kier molecular flexibility index (Phi) is 8.30. The highest BCUT2D eigenvalue weighted by atomic mass is 32.1. The Morgan fingerprint density at radius 2 is 1.90 bits per heavy atom. The fraction of sp³-hybridized carbons (Fsp3) is 0.524. The summed E-state index contributed by atoms with van der Waals surface area (Å²) >= 11 is 8.43.